The summed E-state index contributed by atoms with van der Waals surface area (Å²) in [5.74, 6) is 1.13. The Labute approximate surface area is 146 Å². The molecule has 2 N–H and O–H groups in total. The first-order valence-electron chi connectivity index (χ1n) is 7.15. The Hall–Kier alpha value is -1.86. The van der Waals surface area contributed by atoms with Crippen LogP contribution in [0.5, 0.6) is 0 Å². The Kier molecular flexibility index (Phi) is 8.12. The van der Waals surface area contributed by atoms with Crippen molar-refractivity contribution >= 4 is 20.8 Å². The average molecular weight is 393 g/mol. The fourth-order valence-corrected chi connectivity index (χ4v) is 2.70. The third-order valence-corrected chi connectivity index (χ3v) is 4.19. The molecule has 2 rings (SSSR count). The maximum Gasteiger partial charge on any atom is 0.413 e. The van der Waals surface area contributed by atoms with Gasteiger partial charge >= 0.3 is 20.8 Å². The Bertz CT molecular complexity index is 819. The Balaban J connectivity index is 0.000000299. The maximum absolute atomic E-state index is 9.44. The number of aromatic nitrogens is 3. The quantitative estimate of drug-likeness (QED) is 0.663. The van der Waals surface area contributed by atoms with E-state index in [9.17, 15) is 16.8 Å². The molecule has 0 aliphatic rings. The van der Waals surface area contributed by atoms with Crippen LogP contribution < -0.4 is 0 Å². The zero-order valence-electron chi connectivity index (χ0n) is 13.4. The van der Waals surface area contributed by atoms with E-state index in [2.05, 4.69) is 37.4 Å². The molecule has 0 aromatic carbocycles. The van der Waals surface area contributed by atoms with Crippen LogP contribution in [0.4, 0.5) is 0 Å². The molecule has 0 amide bonds. The van der Waals surface area contributed by atoms with Crippen molar-refractivity contribution in [3.05, 3.63) is 48.3 Å². The fourth-order valence-electron chi connectivity index (χ4n) is 1.83. The number of unbranched alkanes of at least 4 members (excludes halogenated alkanes) is 1. The highest BCUT2D eigenvalue weighted by Gasteiger charge is 2.15. The molecule has 0 radical (unpaired) electrons. The Morgan fingerprint density at radius 1 is 1.16 bits per heavy atom. The summed E-state index contributed by atoms with van der Waals surface area (Å²) < 4.78 is 57.8. The molecule has 0 atom stereocenters. The van der Waals surface area contributed by atoms with Gasteiger partial charge in [-0.15, -0.1) is 3.63 Å². The summed E-state index contributed by atoms with van der Waals surface area (Å²) in [4.78, 5) is 8.52. The predicted octanol–water partition coefficient (Wildman–Crippen LogP) is 1.28. The molecular formula is C13H19N3O7S2. The van der Waals surface area contributed by atoms with E-state index in [0.29, 0.717) is 0 Å². The van der Waals surface area contributed by atoms with Gasteiger partial charge in [0.15, 0.2) is 0 Å². The van der Waals surface area contributed by atoms with Gasteiger partial charge in [-0.05, 0) is 18.1 Å². The lowest BCUT2D eigenvalue weighted by atomic mass is 10.2. The molecule has 0 aliphatic heterocycles. The van der Waals surface area contributed by atoms with Gasteiger partial charge in [0.05, 0.1) is 0 Å². The van der Waals surface area contributed by atoms with Gasteiger partial charge in [-0.25, -0.2) is 4.98 Å². The van der Waals surface area contributed by atoms with E-state index in [1.807, 2.05) is 18.5 Å². The molecule has 2 aromatic rings. The molecule has 0 fully saturated rings. The first-order chi connectivity index (χ1) is 11.6. The zero-order chi connectivity index (χ0) is 18.9. The molecule has 0 saturated carbocycles. The summed E-state index contributed by atoms with van der Waals surface area (Å²) >= 11 is 0. The monoisotopic (exact) mass is 393 g/mol. The summed E-state index contributed by atoms with van der Waals surface area (Å²) in [6.07, 6.45) is 10.9. The molecule has 0 spiro atoms. The van der Waals surface area contributed by atoms with Crippen LogP contribution in [0.25, 0.3) is 0 Å². The van der Waals surface area contributed by atoms with E-state index in [0.717, 1.165) is 18.8 Å². The number of hydrogen-bond donors (Lipinski definition) is 2. The van der Waals surface area contributed by atoms with Crippen molar-refractivity contribution in [2.24, 2.45) is 0 Å². The van der Waals surface area contributed by atoms with Crippen LogP contribution in [0.1, 0.15) is 31.2 Å². The lowest BCUT2D eigenvalue weighted by Crippen LogP contribution is -2.10. The normalized spacial score (nSPS) is 11.6. The number of hydrogen-bond acceptors (Lipinski definition) is 7. The molecule has 0 saturated heterocycles. The fraction of sp³-hybridized carbons (Fsp3) is 0.385. The third-order valence-electron chi connectivity index (χ3n) is 2.81. The smallest absolute Gasteiger partial charge is 0.335 e. The summed E-state index contributed by atoms with van der Waals surface area (Å²) in [7, 11) is -10.2. The van der Waals surface area contributed by atoms with Gasteiger partial charge in [0.25, 0.3) is 0 Å². The van der Waals surface area contributed by atoms with Crippen molar-refractivity contribution in [1.82, 2.24) is 14.5 Å². The molecule has 0 aliphatic carbocycles. The van der Waals surface area contributed by atoms with Crippen LogP contribution in [0.2, 0.25) is 0 Å². The van der Waals surface area contributed by atoms with Crippen LogP contribution in [0.15, 0.2) is 36.9 Å². The van der Waals surface area contributed by atoms with Crippen molar-refractivity contribution in [2.75, 3.05) is 0 Å². The van der Waals surface area contributed by atoms with Gasteiger partial charge in [0.2, 0.25) is 0 Å². The van der Waals surface area contributed by atoms with Gasteiger partial charge in [-0.2, -0.15) is 16.8 Å². The Morgan fingerprint density at radius 2 is 1.84 bits per heavy atom. The third kappa shape index (κ3) is 9.89. The minimum Gasteiger partial charge on any atom is -0.335 e. The van der Waals surface area contributed by atoms with Gasteiger partial charge in [-0.3, -0.25) is 14.1 Å². The maximum atomic E-state index is 9.44. The second-order valence-electron chi connectivity index (χ2n) is 4.85. The number of aryl methyl sites for hydroxylation is 1. The number of pyridine rings is 1. The van der Waals surface area contributed by atoms with Crippen LogP contribution in [0, 0.1) is 0 Å². The van der Waals surface area contributed by atoms with Crippen molar-refractivity contribution in [3.63, 3.8) is 0 Å². The van der Waals surface area contributed by atoms with Crippen molar-refractivity contribution in [2.45, 2.75) is 32.7 Å². The highest BCUT2D eigenvalue weighted by Crippen LogP contribution is 2.07. The molecule has 25 heavy (non-hydrogen) atoms. The molecule has 12 heteroatoms. The molecule has 10 nitrogen and oxygen atoms in total. The van der Waals surface area contributed by atoms with Crippen LogP contribution in [-0.2, 0) is 37.4 Å². The molecule has 2 heterocycles. The van der Waals surface area contributed by atoms with Gasteiger partial charge in [0, 0.05) is 37.8 Å². The molecule has 140 valence electrons. The minimum absolute atomic E-state index is 0.866. The average Bonchev–Trinajstić information content (AvgIpc) is 2.90. The van der Waals surface area contributed by atoms with E-state index >= 15 is 0 Å². The predicted molar refractivity (Wildman–Crippen MR) is 88.4 cm³/mol. The van der Waals surface area contributed by atoms with E-state index in [4.69, 9.17) is 9.11 Å². The molecular weight excluding hydrogens is 374 g/mol. The summed E-state index contributed by atoms with van der Waals surface area (Å²) in [5, 5.41) is 0. The molecule has 0 unspecified atom stereocenters. The van der Waals surface area contributed by atoms with Gasteiger partial charge < -0.3 is 4.57 Å². The standard InChI is InChI=1S/C13H17N3.H2O7S2/c1-2-3-8-16-9-7-15-13(16)10-12-5-4-6-14-11-12;1-8(2,3)7-9(4,5)6/h4-7,9,11H,2-3,8,10H2,1H3;(H,1,2,3)(H,4,5,6). The summed E-state index contributed by atoms with van der Waals surface area (Å²) in [6.45, 7) is 3.27. The Morgan fingerprint density at radius 3 is 2.32 bits per heavy atom. The highest BCUT2D eigenvalue weighted by atomic mass is 32.3. The second kappa shape index (κ2) is 9.58. The summed E-state index contributed by atoms with van der Waals surface area (Å²) in [5.41, 5.74) is 1.21. The SMILES string of the molecule is CCCCn1ccnc1Cc1cccnc1.O=S(=O)(O)OS(=O)(=O)O. The van der Waals surface area contributed by atoms with E-state index < -0.39 is 20.8 Å². The lowest BCUT2D eigenvalue weighted by molar-refractivity contribution is 0.344. The number of rotatable bonds is 7. The summed E-state index contributed by atoms with van der Waals surface area (Å²) in [6, 6.07) is 4.06. The van der Waals surface area contributed by atoms with Crippen LogP contribution >= 0.6 is 0 Å². The molecule has 2 aromatic heterocycles. The highest BCUT2D eigenvalue weighted by molar-refractivity contribution is 7.94. The molecule has 0 bridgehead atoms. The first kappa shape index (κ1) is 21.2. The van der Waals surface area contributed by atoms with Crippen molar-refractivity contribution < 1.29 is 29.6 Å². The second-order valence-corrected chi connectivity index (χ2v) is 7.11. The van der Waals surface area contributed by atoms with Crippen molar-refractivity contribution in [3.8, 4) is 0 Å². The van der Waals surface area contributed by atoms with Crippen molar-refractivity contribution in [1.29, 1.82) is 0 Å². The van der Waals surface area contributed by atoms with Crippen LogP contribution in [0.3, 0.4) is 0 Å². The topological polar surface area (TPSA) is 149 Å². The van der Waals surface area contributed by atoms with E-state index in [1.54, 1.807) is 6.20 Å². The number of imidazole rings is 1. The minimum atomic E-state index is -5.12. The van der Waals surface area contributed by atoms with E-state index in [-0.39, 0.29) is 0 Å². The lowest BCUT2D eigenvalue weighted by Gasteiger charge is -2.06. The largest absolute Gasteiger partial charge is 0.413 e. The van der Waals surface area contributed by atoms with E-state index in [1.165, 1.54) is 18.4 Å². The first-order valence-corrected chi connectivity index (χ1v) is 9.88. The van der Waals surface area contributed by atoms with Crippen LogP contribution in [-0.4, -0.2) is 40.5 Å². The zero-order valence-corrected chi connectivity index (χ0v) is 15.0. The van der Waals surface area contributed by atoms with Gasteiger partial charge in [-0.1, -0.05) is 19.4 Å². The van der Waals surface area contributed by atoms with Gasteiger partial charge in [0.1, 0.15) is 5.82 Å². The number of nitrogens with zero attached hydrogens (tertiary/aromatic N) is 3.